The largest absolute Gasteiger partial charge is 0.382 e. The summed E-state index contributed by atoms with van der Waals surface area (Å²) in [6, 6.07) is 0.578. The van der Waals surface area contributed by atoms with E-state index in [2.05, 4.69) is 31.0 Å². The van der Waals surface area contributed by atoms with Crippen molar-refractivity contribution < 1.29 is 14.2 Å². The topological polar surface area (TPSA) is 43.0 Å². The fourth-order valence-electron chi connectivity index (χ4n) is 2.22. The average molecular weight is 274 g/mol. The maximum atomic E-state index is 5.61. The van der Waals surface area contributed by atoms with Gasteiger partial charge in [0.15, 0.2) is 0 Å². The van der Waals surface area contributed by atoms with Crippen molar-refractivity contribution in [1.82, 2.24) is 10.2 Å². The Hall–Kier alpha value is -0.200. The Balaban J connectivity index is 2.02. The Kier molecular flexibility index (Phi) is 7.87. The van der Waals surface area contributed by atoms with E-state index in [1.54, 1.807) is 7.11 Å². The van der Waals surface area contributed by atoms with Gasteiger partial charge >= 0.3 is 0 Å². The van der Waals surface area contributed by atoms with Crippen molar-refractivity contribution in [3.8, 4) is 0 Å². The first kappa shape index (κ1) is 16.9. The molecule has 1 atom stereocenters. The summed E-state index contributed by atoms with van der Waals surface area (Å²) in [6.45, 7) is 13.2. The van der Waals surface area contributed by atoms with Crippen LogP contribution in [0.25, 0.3) is 0 Å². The van der Waals surface area contributed by atoms with E-state index in [4.69, 9.17) is 14.2 Å². The molecule has 0 amide bonds. The molecule has 19 heavy (non-hydrogen) atoms. The van der Waals surface area contributed by atoms with E-state index in [0.29, 0.717) is 32.5 Å². The fraction of sp³-hybridized carbons (Fsp3) is 1.00. The Bertz CT molecular complexity index is 237. The lowest BCUT2D eigenvalue weighted by molar-refractivity contribution is 0.0104. The Labute approximate surface area is 117 Å². The molecule has 0 aromatic carbocycles. The summed E-state index contributed by atoms with van der Waals surface area (Å²) in [4.78, 5) is 2.49. The fourth-order valence-corrected chi connectivity index (χ4v) is 2.22. The van der Waals surface area contributed by atoms with E-state index in [1.165, 1.54) is 0 Å². The number of methoxy groups -OCH3 is 1. The van der Waals surface area contributed by atoms with Crippen molar-refractivity contribution in [2.24, 2.45) is 0 Å². The van der Waals surface area contributed by atoms with Crippen LogP contribution < -0.4 is 5.32 Å². The van der Waals surface area contributed by atoms with Crippen LogP contribution in [0.4, 0.5) is 0 Å². The van der Waals surface area contributed by atoms with Crippen molar-refractivity contribution in [2.45, 2.75) is 32.4 Å². The monoisotopic (exact) mass is 274 g/mol. The lowest BCUT2D eigenvalue weighted by Gasteiger charge is -2.43. The highest BCUT2D eigenvalue weighted by molar-refractivity contribution is 4.90. The van der Waals surface area contributed by atoms with Crippen LogP contribution in [0.2, 0.25) is 0 Å². The second-order valence-electron chi connectivity index (χ2n) is 5.80. The maximum Gasteiger partial charge on any atom is 0.0701 e. The molecule has 114 valence electrons. The summed E-state index contributed by atoms with van der Waals surface area (Å²) < 4.78 is 15.9. The molecule has 5 nitrogen and oxygen atoms in total. The van der Waals surface area contributed by atoms with Gasteiger partial charge < -0.3 is 19.5 Å². The number of hydrogen-bond donors (Lipinski definition) is 1. The molecule has 1 saturated heterocycles. The molecule has 0 saturated carbocycles. The van der Waals surface area contributed by atoms with Gasteiger partial charge in [-0.1, -0.05) is 0 Å². The molecule has 1 fully saturated rings. The number of nitrogens with zero attached hydrogens (tertiary/aromatic N) is 1. The zero-order chi connectivity index (χ0) is 14.1. The van der Waals surface area contributed by atoms with Crippen LogP contribution in [0.3, 0.4) is 0 Å². The van der Waals surface area contributed by atoms with Gasteiger partial charge in [0.1, 0.15) is 0 Å². The van der Waals surface area contributed by atoms with E-state index in [9.17, 15) is 0 Å². The highest BCUT2D eigenvalue weighted by atomic mass is 16.5. The minimum absolute atomic E-state index is 0.204. The molecular formula is C14H30N2O3. The Morgan fingerprint density at radius 1 is 1.11 bits per heavy atom. The van der Waals surface area contributed by atoms with Gasteiger partial charge in [0, 0.05) is 38.3 Å². The molecule has 0 bridgehead atoms. The molecule has 0 radical (unpaired) electrons. The zero-order valence-corrected chi connectivity index (χ0v) is 12.9. The minimum Gasteiger partial charge on any atom is -0.382 e. The highest BCUT2D eigenvalue weighted by Crippen LogP contribution is 2.14. The van der Waals surface area contributed by atoms with Gasteiger partial charge in [0.05, 0.1) is 33.0 Å². The molecule has 0 aromatic heterocycles. The normalized spacial score (nSPS) is 23.7. The summed E-state index contributed by atoms with van der Waals surface area (Å²) in [5, 5.41) is 3.55. The molecule has 1 aliphatic rings. The van der Waals surface area contributed by atoms with Gasteiger partial charge in [-0.05, 0) is 20.8 Å². The molecule has 0 aromatic rings. The maximum absolute atomic E-state index is 5.61. The number of ether oxygens (including phenoxy) is 3. The second-order valence-corrected chi connectivity index (χ2v) is 5.80. The smallest absolute Gasteiger partial charge is 0.0701 e. The van der Waals surface area contributed by atoms with E-state index >= 15 is 0 Å². The van der Waals surface area contributed by atoms with E-state index in [-0.39, 0.29) is 5.54 Å². The summed E-state index contributed by atoms with van der Waals surface area (Å²) in [6.07, 6.45) is 0. The van der Waals surface area contributed by atoms with Gasteiger partial charge in [-0.2, -0.15) is 0 Å². The predicted octanol–water partition coefficient (Wildman–Crippen LogP) is 0.738. The third-order valence-corrected chi connectivity index (χ3v) is 3.42. The first-order valence-corrected chi connectivity index (χ1v) is 7.18. The van der Waals surface area contributed by atoms with Crippen molar-refractivity contribution >= 4 is 0 Å². The lowest BCUT2D eigenvalue weighted by atomic mass is 9.99. The minimum atomic E-state index is 0.204. The molecule has 1 aliphatic heterocycles. The summed E-state index contributed by atoms with van der Waals surface area (Å²) in [5.41, 5.74) is 0.204. The molecular weight excluding hydrogens is 244 g/mol. The molecule has 1 heterocycles. The lowest BCUT2D eigenvalue weighted by Crippen LogP contribution is -2.61. The number of hydrogen-bond acceptors (Lipinski definition) is 5. The van der Waals surface area contributed by atoms with Crippen LogP contribution in [0.5, 0.6) is 0 Å². The zero-order valence-electron chi connectivity index (χ0n) is 12.9. The number of rotatable bonds is 9. The van der Waals surface area contributed by atoms with Crippen LogP contribution in [-0.2, 0) is 14.2 Å². The summed E-state index contributed by atoms with van der Waals surface area (Å²) in [5.74, 6) is 0. The summed E-state index contributed by atoms with van der Waals surface area (Å²) >= 11 is 0. The van der Waals surface area contributed by atoms with Gasteiger partial charge in [0.25, 0.3) is 0 Å². The van der Waals surface area contributed by atoms with Crippen molar-refractivity contribution in [3.05, 3.63) is 0 Å². The van der Waals surface area contributed by atoms with Crippen molar-refractivity contribution in [2.75, 3.05) is 59.8 Å². The van der Waals surface area contributed by atoms with E-state index in [1.807, 2.05) is 0 Å². The number of piperazine rings is 1. The van der Waals surface area contributed by atoms with Crippen LogP contribution in [0, 0.1) is 0 Å². The van der Waals surface area contributed by atoms with Gasteiger partial charge in [-0.15, -0.1) is 0 Å². The second kappa shape index (κ2) is 8.87. The third kappa shape index (κ3) is 7.22. The van der Waals surface area contributed by atoms with E-state index < -0.39 is 0 Å². The first-order valence-electron chi connectivity index (χ1n) is 7.18. The van der Waals surface area contributed by atoms with Gasteiger partial charge in [-0.25, -0.2) is 0 Å². The van der Waals surface area contributed by atoms with Gasteiger partial charge in [0.2, 0.25) is 0 Å². The van der Waals surface area contributed by atoms with E-state index in [0.717, 1.165) is 26.2 Å². The van der Waals surface area contributed by atoms with Crippen LogP contribution in [0.15, 0.2) is 0 Å². The van der Waals surface area contributed by atoms with Gasteiger partial charge in [-0.3, -0.25) is 4.90 Å². The molecule has 1 N–H and O–H groups in total. The third-order valence-electron chi connectivity index (χ3n) is 3.42. The standard InChI is InChI=1S/C14H30N2O3/c1-13-11-15-14(2,3)12-16(13)5-6-18-9-10-19-8-7-17-4/h13,15H,5-12H2,1-4H3. The van der Waals surface area contributed by atoms with Crippen molar-refractivity contribution in [1.29, 1.82) is 0 Å². The quantitative estimate of drug-likeness (QED) is 0.628. The molecule has 1 rings (SSSR count). The molecule has 5 heteroatoms. The highest BCUT2D eigenvalue weighted by Gasteiger charge is 2.29. The van der Waals surface area contributed by atoms with Crippen LogP contribution >= 0.6 is 0 Å². The molecule has 0 spiro atoms. The van der Waals surface area contributed by atoms with Crippen LogP contribution in [0.1, 0.15) is 20.8 Å². The number of nitrogens with one attached hydrogen (secondary N) is 1. The first-order chi connectivity index (χ1) is 9.05. The average Bonchev–Trinajstić information content (AvgIpc) is 2.36. The van der Waals surface area contributed by atoms with Crippen LogP contribution in [-0.4, -0.2) is 76.3 Å². The summed E-state index contributed by atoms with van der Waals surface area (Å²) in [7, 11) is 1.68. The SMILES string of the molecule is COCCOCCOCCN1CC(C)(C)NCC1C. The molecule has 1 unspecified atom stereocenters. The molecule has 0 aliphatic carbocycles. The Morgan fingerprint density at radius 2 is 1.74 bits per heavy atom. The van der Waals surface area contributed by atoms with Crippen molar-refractivity contribution in [3.63, 3.8) is 0 Å². The predicted molar refractivity (Wildman–Crippen MR) is 76.6 cm³/mol. The Morgan fingerprint density at radius 3 is 2.42 bits per heavy atom.